The Bertz CT molecular complexity index is 638. The number of rotatable bonds is 2. The fraction of sp³-hybridized carbons (Fsp3) is 0.462. The van der Waals surface area contributed by atoms with Crippen LogP contribution in [0.4, 0.5) is 11.4 Å². The first-order valence-electron chi connectivity index (χ1n) is 6.45. The van der Waals surface area contributed by atoms with Gasteiger partial charge in [0.2, 0.25) is 0 Å². The number of nitrogens with one attached hydrogen (secondary N) is 1. The van der Waals surface area contributed by atoms with Crippen LogP contribution in [0.15, 0.2) is 21.3 Å². The number of aliphatic hydroxyl groups excluding tert-OH is 1. The first-order valence-corrected chi connectivity index (χ1v) is 6.45. The Morgan fingerprint density at radius 1 is 1.42 bits per heavy atom. The lowest BCUT2D eigenvalue weighted by Crippen LogP contribution is -2.35. The molecule has 1 aromatic carbocycles. The third-order valence-electron chi connectivity index (χ3n) is 3.78. The fourth-order valence-electron chi connectivity index (χ4n) is 2.63. The van der Waals surface area contributed by atoms with Crippen LogP contribution in [0.1, 0.15) is 12.8 Å². The molecular weight excluding hydrogens is 246 g/mol. The number of hydrogen-bond acceptors (Lipinski definition) is 5. The second-order valence-electron chi connectivity index (χ2n) is 5.03. The van der Waals surface area contributed by atoms with Crippen molar-refractivity contribution in [2.45, 2.75) is 12.8 Å². The summed E-state index contributed by atoms with van der Waals surface area (Å²) in [6, 6.07) is 3.54. The van der Waals surface area contributed by atoms with Gasteiger partial charge in [-0.2, -0.15) is 0 Å². The molecule has 0 bridgehead atoms. The number of nitrogen functional groups attached to an aromatic ring is 1. The van der Waals surface area contributed by atoms with E-state index in [0.29, 0.717) is 22.7 Å². The second kappa shape index (κ2) is 4.62. The van der Waals surface area contributed by atoms with Crippen LogP contribution in [0.25, 0.3) is 11.1 Å². The molecule has 4 N–H and O–H groups in total. The fourth-order valence-corrected chi connectivity index (χ4v) is 2.63. The summed E-state index contributed by atoms with van der Waals surface area (Å²) < 4.78 is 4.98. The van der Waals surface area contributed by atoms with Gasteiger partial charge in [0.25, 0.3) is 0 Å². The van der Waals surface area contributed by atoms with Gasteiger partial charge in [0.1, 0.15) is 0 Å². The molecule has 6 nitrogen and oxygen atoms in total. The predicted octanol–water partition coefficient (Wildman–Crippen LogP) is 0.912. The maximum absolute atomic E-state index is 11.2. The van der Waals surface area contributed by atoms with Gasteiger partial charge < -0.3 is 20.2 Å². The average Bonchev–Trinajstić information content (AvgIpc) is 2.77. The highest BCUT2D eigenvalue weighted by Crippen LogP contribution is 2.31. The summed E-state index contributed by atoms with van der Waals surface area (Å²) in [6.07, 6.45) is 1.91. The van der Waals surface area contributed by atoms with Gasteiger partial charge in [-0.25, -0.2) is 4.79 Å². The molecule has 1 aliphatic heterocycles. The predicted molar refractivity (Wildman–Crippen MR) is 73.3 cm³/mol. The number of fused-ring (bicyclic) bond motifs is 1. The molecule has 0 spiro atoms. The van der Waals surface area contributed by atoms with Crippen molar-refractivity contribution in [1.29, 1.82) is 0 Å². The van der Waals surface area contributed by atoms with E-state index in [1.54, 1.807) is 6.07 Å². The number of piperidine rings is 1. The zero-order valence-corrected chi connectivity index (χ0v) is 10.6. The monoisotopic (exact) mass is 263 g/mol. The zero-order valence-electron chi connectivity index (χ0n) is 10.6. The number of oxazole rings is 1. The van der Waals surface area contributed by atoms with Gasteiger partial charge >= 0.3 is 5.76 Å². The molecule has 6 heteroatoms. The normalized spacial score (nSPS) is 17.2. The molecule has 3 rings (SSSR count). The number of aromatic nitrogens is 1. The SMILES string of the molecule is Nc1cc2oc(=O)[nH]c2cc1N1CCC(CO)CC1. The van der Waals surface area contributed by atoms with Crippen molar-refractivity contribution in [3.8, 4) is 0 Å². The van der Waals surface area contributed by atoms with Crippen molar-refractivity contribution in [2.24, 2.45) is 5.92 Å². The van der Waals surface area contributed by atoms with E-state index in [2.05, 4.69) is 9.88 Å². The van der Waals surface area contributed by atoms with Gasteiger partial charge in [0.15, 0.2) is 5.58 Å². The molecule has 0 amide bonds. The van der Waals surface area contributed by atoms with Crippen molar-refractivity contribution in [3.63, 3.8) is 0 Å². The second-order valence-corrected chi connectivity index (χ2v) is 5.03. The third kappa shape index (κ3) is 2.19. The molecule has 1 saturated heterocycles. The molecule has 2 aromatic rings. The van der Waals surface area contributed by atoms with Crippen LogP contribution in [0.5, 0.6) is 0 Å². The summed E-state index contributed by atoms with van der Waals surface area (Å²) >= 11 is 0. The minimum atomic E-state index is -0.467. The van der Waals surface area contributed by atoms with E-state index in [0.717, 1.165) is 31.6 Å². The van der Waals surface area contributed by atoms with E-state index in [9.17, 15) is 4.79 Å². The molecule has 1 aliphatic rings. The standard InChI is InChI=1S/C13H17N3O3/c14-9-5-12-10(15-13(18)19-12)6-11(9)16-3-1-8(7-17)2-4-16/h5-6,8,17H,1-4,7,14H2,(H,15,18). The van der Waals surface area contributed by atoms with Gasteiger partial charge in [0.05, 0.1) is 16.9 Å². The number of nitrogens with two attached hydrogens (primary N) is 1. The highest BCUT2D eigenvalue weighted by molar-refractivity contribution is 5.85. The number of aliphatic hydroxyl groups is 1. The summed E-state index contributed by atoms with van der Waals surface area (Å²) in [7, 11) is 0. The Hall–Kier alpha value is -1.95. The van der Waals surface area contributed by atoms with Crippen LogP contribution >= 0.6 is 0 Å². The van der Waals surface area contributed by atoms with Gasteiger partial charge in [0, 0.05) is 25.8 Å². The van der Waals surface area contributed by atoms with Crippen molar-refractivity contribution in [3.05, 3.63) is 22.7 Å². The molecule has 0 unspecified atom stereocenters. The van der Waals surface area contributed by atoms with Crippen LogP contribution in [0.2, 0.25) is 0 Å². The highest BCUT2D eigenvalue weighted by atomic mass is 16.4. The lowest BCUT2D eigenvalue weighted by atomic mass is 9.97. The highest BCUT2D eigenvalue weighted by Gasteiger charge is 2.20. The van der Waals surface area contributed by atoms with Crippen LogP contribution in [0.3, 0.4) is 0 Å². The summed E-state index contributed by atoms with van der Waals surface area (Å²) in [5.41, 5.74) is 8.70. The Balaban J connectivity index is 1.92. The maximum atomic E-state index is 11.2. The Kier molecular flexibility index (Phi) is 2.94. The Labute approximate surface area is 109 Å². The van der Waals surface area contributed by atoms with E-state index in [-0.39, 0.29) is 6.61 Å². The third-order valence-corrected chi connectivity index (χ3v) is 3.78. The van der Waals surface area contributed by atoms with E-state index in [1.807, 2.05) is 6.07 Å². The van der Waals surface area contributed by atoms with Crippen LogP contribution in [0, 0.1) is 5.92 Å². The summed E-state index contributed by atoms with van der Waals surface area (Å²) in [4.78, 5) is 16.0. The summed E-state index contributed by atoms with van der Waals surface area (Å²) in [5.74, 6) is -0.0829. The minimum Gasteiger partial charge on any atom is -0.408 e. The van der Waals surface area contributed by atoms with Crippen LogP contribution in [-0.4, -0.2) is 29.8 Å². The lowest BCUT2D eigenvalue weighted by molar-refractivity contribution is 0.203. The molecule has 0 radical (unpaired) electrons. The van der Waals surface area contributed by atoms with E-state index in [4.69, 9.17) is 15.3 Å². The molecule has 0 aliphatic carbocycles. The molecule has 0 saturated carbocycles. The average molecular weight is 263 g/mol. The van der Waals surface area contributed by atoms with Gasteiger partial charge in [-0.1, -0.05) is 0 Å². The quantitative estimate of drug-likeness (QED) is 0.700. The smallest absolute Gasteiger partial charge is 0.408 e. The van der Waals surface area contributed by atoms with E-state index in [1.165, 1.54) is 0 Å². The lowest BCUT2D eigenvalue weighted by Gasteiger charge is -2.33. The zero-order chi connectivity index (χ0) is 13.4. The minimum absolute atomic E-state index is 0.247. The van der Waals surface area contributed by atoms with Gasteiger partial charge in [-0.15, -0.1) is 0 Å². The van der Waals surface area contributed by atoms with Crippen molar-refractivity contribution in [1.82, 2.24) is 4.98 Å². The first-order chi connectivity index (χ1) is 9.17. The molecular formula is C13H17N3O3. The molecule has 2 heterocycles. The maximum Gasteiger partial charge on any atom is 0.417 e. The molecule has 1 aromatic heterocycles. The summed E-state index contributed by atoms with van der Waals surface area (Å²) in [6.45, 7) is 1.98. The van der Waals surface area contributed by atoms with Gasteiger partial charge in [-0.05, 0) is 24.8 Å². The number of anilines is 2. The van der Waals surface area contributed by atoms with E-state index < -0.39 is 5.76 Å². The van der Waals surface area contributed by atoms with Gasteiger partial charge in [-0.3, -0.25) is 4.98 Å². The molecule has 0 atom stereocenters. The number of benzene rings is 1. The Morgan fingerprint density at radius 3 is 2.84 bits per heavy atom. The van der Waals surface area contributed by atoms with Crippen molar-refractivity contribution in [2.75, 3.05) is 30.3 Å². The first kappa shape index (κ1) is 12.1. The van der Waals surface area contributed by atoms with E-state index >= 15 is 0 Å². The largest absolute Gasteiger partial charge is 0.417 e. The topological polar surface area (TPSA) is 95.5 Å². The van der Waals surface area contributed by atoms with Crippen molar-refractivity contribution >= 4 is 22.5 Å². The molecule has 1 fully saturated rings. The number of hydrogen-bond donors (Lipinski definition) is 3. The summed E-state index contributed by atoms with van der Waals surface area (Å²) in [5, 5.41) is 9.15. The number of H-pyrrole nitrogens is 1. The van der Waals surface area contributed by atoms with Crippen LogP contribution < -0.4 is 16.4 Å². The number of nitrogens with zero attached hydrogens (tertiary/aromatic N) is 1. The molecule has 19 heavy (non-hydrogen) atoms. The number of aromatic amines is 1. The Morgan fingerprint density at radius 2 is 2.16 bits per heavy atom. The van der Waals surface area contributed by atoms with Crippen molar-refractivity contribution < 1.29 is 9.52 Å². The van der Waals surface area contributed by atoms with Crippen LogP contribution in [-0.2, 0) is 0 Å². The molecule has 102 valence electrons.